The Labute approximate surface area is 73.5 Å². The standard InChI is InChI=1S/C4H6ClN3O3S/c1-2-11-8-4(3-6-7-8)12(5,9)10/h3H,2H2,1H3. The summed E-state index contributed by atoms with van der Waals surface area (Å²) in [4.78, 5) is 5.55. The van der Waals surface area contributed by atoms with Crippen LogP contribution in [-0.4, -0.2) is 30.2 Å². The summed E-state index contributed by atoms with van der Waals surface area (Å²) in [5, 5.41) is 6.41. The van der Waals surface area contributed by atoms with Gasteiger partial charge in [0.1, 0.15) is 6.61 Å². The van der Waals surface area contributed by atoms with Crippen molar-refractivity contribution in [3.05, 3.63) is 6.20 Å². The minimum atomic E-state index is -3.83. The monoisotopic (exact) mass is 211 g/mol. The third-order valence-electron chi connectivity index (χ3n) is 0.991. The molecule has 0 atom stereocenters. The van der Waals surface area contributed by atoms with Crippen LogP contribution >= 0.6 is 10.7 Å². The smallest absolute Gasteiger partial charge is 0.283 e. The van der Waals surface area contributed by atoms with Gasteiger partial charge in [0.15, 0.2) is 0 Å². The maximum Gasteiger partial charge on any atom is 0.283 e. The van der Waals surface area contributed by atoms with Crippen molar-refractivity contribution < 1.29 is 13.3 Å². The summed E-state index contributed by atoms with van der Waals surface area (Å²) >= 11 is 0. The summed E-state index contributed by atoms with van der Waals surface area (Å²) in [5.74, 6) is 0. The van der Waals surface area contributed by atoms with E-state index in [2.05, 4.69) is 10.3 Å². The lowest BCUT2D eigenvalue weighted by Crippen LogP contribution is -2.16. The quantitative estimate of drug-likeness (QED) is 0.640. The molecule has 1 heterocycles. The van der Waals surface area contributed by atoms with E-state index in [1.165, 1.54) is 0 Å². The van der Waals surface area contributed by atoms with Crippen molar-refractivity contribution in [1.82, 2.24) is 15.2 Å². The Kier molecular flexibility index (Phi) is 2.53. The molecule has 68 valence electrons. The van der Waals surface area contributed by atoms with Gasteiger partial charge in [-0.1, -0.05) is 4.85 Å². The molecule has 0 radical (unpaired) electrons. The van der Waals surface area contributed by atoms with E-state index in [0.29, 0.717) is 0 Å². The molecule has 6 nitrogen and oxygen atoms in total. The third-order valence-corrected chi connectivity index (χ3v) is 2.23. The van der Waals surface area contributed by atoms with Crippen molar-refractivity contribution >= 4 is 19.7 Å². The van der Waals surface area contributed by atoms with Gasteiger partial charge in [0.25, 0.3) is 9.05 Å². The normalized spacial score (nSPS) is 11.5. The summed E-state index contributed by atoms with van der Waals surface area (Å²) in [5.41, 5.74) is 0. The van der Waals surface area contributed by atoms with Gasteiger partial charge in [-0.15, -0.1) is 5.10 Å². The Bertz CT molecular complexity index is 359. The minimum Gasteiger partial charge on any atom is -0.395 e. The molecular weight excluding hydrogens is 206 g/mol. The first-order valence-corrected chi connectivity index (χ1v) is 5.35. The predicted octanol–water partition coefficient (Wildman–Crippen LogP) is -0.346. The molecule has 0 aliphatic rings. The van der Waals surface area contributed by atoms with E-state index in [9.17, 15) is 8.42 Å². The number of aromatic nitrogens is 3. The fourth-order valence-electron chi connectivity index (χ4n) is 0.584. The molecule has 0 amide bonds. The molecule has 0 bridgehead atoms. The fourth-order valence-corrected chi connectivity index (χ4v) is 1.33. The van der Waals surface area contributed by atoms with Gasteiger partial charge >= 0.3 is 0 Å². The van der Waals surface area contributed by atoms with Crippen molar-refractivity contribution in [2.24, 2.45) is 0 Å². The summed E-state index contributed by atoms with van der Waals surface area (Å²) in [6.07, 6.45) is 1.01. The van der Waals surface area contributed by atoms with Crippen LogP contribution in [0.2, 0.25) is 0 Å². The maximum absolute atomic E-state index is 10.8. The van der Waals surface area contributed by atoms with Crippen LogP contribution in [0.1, 0.15) is 6.92 Å². The first kappa shape index (κ1) is 9.27. The summed E-state index contributed by atoms with van der Waals surface area (Å²) < 4.78 is 21.5. The van der Waals surface area contributed by atoms with Gasteiger partial charge in [0.05, 0.1) is 6.20 Å². The third kappa shape index (κ3) is 1.86. The number of hydrogen-bond acceptors (Lipinski definition) is 5. The zero-order chi connectivity index (χ0) is 9.19. The Morgan fingerprint density at radius 3 is 2.92 bits per heavy atom. The van der Waals surface area contributed by atoms with Crippen LogP contribution in [0.3, 0.4) is 0 Å². The van der Waals surface area contributed by atoms with Crippen molar-refractivity contribution in [2.75, 3.05) is 6.61 Å². The van der Waals surface area contributed by atoms with Crippen LogP contribution in [0, 0.1) is 0 Å². The van der Waals surface area contributed by atoms with Crippen LogP contribution < -0.4 is 4.84 Å². The molecule has 0 saturated carbocycles. The highest BCUT2D eigenvalue weighted by Gasteiger charge is 2.18. The fraction of sp³-hybridized carbons (Fsp3) is 0.500. The van der Waals surface area contributed by atoms with Crippen molar-refractivity contribution in [3.8, 4) is 0 Å². The van der Waals surface area contributed by atoms with Gasteiger partial charge in [-0.3, -0.25) is 0 Å². The first-order chi connectivity index (χ1) is 5.55. The van der Waals surface area contributed by atoms with Crippen molar-refractivity contribution in [2.45, 2.75) is 11.9 Å². The van der Waals surface area contributed by atoms with E-state index < -0.39 is 9.05 Å². The Hall–Kier alpha value is -0.820. The number of nitrogens with zero attached hydrogens (tertiary/aromatic N) is 3. The van der Waals surface area contributed by atoms with Crippen LogP contribution in [0.15, 0.2) is 11.2 Å². The number of rotatable bonds is 3. The van der Waals surface area contributed by atoms with E-state index >= 15 is 0 Å². The molecule has 8 heteroatoms. The average Bonchev–Trinajstić information content (AvgIpc) is 2.34. The zero-order valence-corrected chi connectivity index (χ0v) is 7.71. The van der Waals surface area contributed by atoms with Crippen LogP contribution in [-0.2, 0) is 9.05 Å². The van der Waals surface area contributed by atoms with Crippen LogP contribution in [0.4, 0.5) is 0 Å². The molecule has 0 fully saturated rings. The molecule has 0 aliphatic heterocycles. The summed E-state index contributed by atoms with van der Waals surface area (Å²) in [7, 11) is 1.21. The van der Waals surface area contributed by atoms with Gasteiger partial charge in [-0.25, -0.2) is 8.42 Å². The topological polar surface area (TPSA) is 74.1 Å². The average molecular weight is 212 g/mol. The molecule has 0 N–H and O–H groups in total. The van der Waals surface area contributed by atoms with Crippen LogP contribution in [0.5, 0.6) is 0 Å². The zero-order valence-electron chi connectivity index (χ0n) is 6.14. The molecule has 0 saturated heterocycles. The second-order valence-electron chi connectivity index (χ2n) is 1.80. The van der Waals surface area contributed by atoms with E-state index in [4.69, 9.17) is 15.5 Å². The Morgan fingerprint density at radius 1 is 1.75 bits per heavy atom. The SMILES string of the molecule is CCOn1nncc1S(=O)(=O)Cl. The second kappa shape index (κ2) is 3.28. The number of hydrogen-bond donors (Lipinski definition) is 0. The largest absolute Gasteiger partial charge is 0.395 e. The van der Waals surface area contributed by atoms with Crippen molar-refractivity contribution in [1.29, 1.82) is 0 Å². The molecule has 1 aromatic rings. The lowest BCUT2D eigenvalue weighted by atomic mass is 10.9. The molecule has 0 aliphatic carbocycles. The van der Waals surface area contributed by atoms with Crippen LogP contribution in [0.25, 0.3) is 0 Å². The second-order valence-corrected chi connectivity index (χ2v) is 4.31. The maximum atomic E-state index is 10.8. The summed E-state index contributed by atoms with van der Waals surface area (Å²) in [6, 6.07) is 0. The van der Waals surface area contributed by atoms with Gasteiger partial charge in [0, 0.05) is 10.7 Å². The minimum absolute atomic E-state index is 0.272. The molecule has 12 heavy (non-hydrogen) atoms. The van der Waals surface area contributed by atoms with E-state index in [0.717, 1.165) is 11.0 Å². The number of halogens is 1. The summed E-state index contributed by atoms with van der Waals surface area (Å²) in [6.45, 7) is 1.97. The molecule has 0 spiro atoms. The Balaban J connectivity index is 3.08. The first-order valence-electron chi connectivity index (χ1n) is 3.04. The Morgan fingerprint density at radius 2 is 2.42 bits per heavy atom. The van der Waals surface area contributed by atoms with Gasteiger partial charge in [-0.05, 0) is 12.1 Å². The molecular formula is C4H6ClN3O3S. The van der Waals surface area contributed by atoms with E-state index in [1.54, 1.807) is 6.92 Å². The molecule has 0 aromatic carbocycles. The van der Waals surface area contributed by atoms with Gasteiger partial charge < -0.3 is 4.84 Å². The lowest BCUT2D eigenvalue weighted by Gasteiger charge is -2.01. The highest BCUT2D eigenvalue weighted by molar-refractivity contribution is 8.13. The lowest BCUT2D eigenvalue weighted by molar-refractivity contribution is 0.0698. The highest BCUT2D eigenvalue weighted by atomic mass is 35.7. The molecule has 1 rings (SSSR count). The molecule has 1 aromatic heterocycles. The predicted molar refractivity (Wildman–Crippen MR) is 40.2 cm³/mol. The van der Waals surface area contributed by atoms with Crippen molar-refractivity contribution in [3.63, 3.8) is 0 Å². The highest BCUT2D eigenvalue weighted by Crippen LogP contribution is 2.10. The van der Waals surface area contributed by atoms with E-state index in [1.807, 2.05) is 0 Å². The molecule has 0 unspecified atom stereocenters. The van der Waals surface area contributed by atoms with Gasteiger partial charge in [-0.2, -0.15) is 0 Å². The van der Waals surface area contributed by atoms with Gasteiger partial charge in [0.2, 0.25) is 5.03 Å². The van der Waals surface area contributed by atoms with E-state index in [-0.39, 0.29) is 11.6 Å².